The molecule has 0 amide bonds. The van der Waals surface area contributed by atoms with Crippen LogP contribution in [0.1, 0.15) is 6.42 Å². The summed E-state index contributed by atoms with van der Waals surface area (Å²) in [5.41, 5.74) is 7.11. The maximum Gasteiger partial charge on any atom is 0.147 e. The summed E-state index contributed by atoms with van der Waals surface area (Å²) in [6.45, 7) is 0.545. The molecule has 0 saturated heterocycles. The smallest absolute Gasteiger partial charge is 0.147 e. The predicted octanol–water partition coefficient (Wildman–Crippen LogP) is 1.06. The Morgan fingerprint density at radius 2 is 2.11 bits per heavy atom. The number of sulfone groups is 1. The van der Waals surface area contributed by atoms with Gasteiger partial charge in [0.15, 0.2) is 0 Å². The van der Waals surface area contributed by atoms with Gasteiger partial charge in [0.2, 0.25) is 0 Å². The van der Waals surface area contributed by atoms with Crippen LogP contribution >= 0.6 is 0 Å². The van der Waals surface area contributed by atoms with Crippen molar-refractivity contribution in [1.82, 2.24) is 9.97 Å². The monoisotopic (exact) mass is 280 g/mol. The second-order valence-electron chi connectivity index (χ2n) is 4.41. The van der Waals surface area contributed by atoms with Gasteiger partial charge in [0.25, 0.3) is 0 Å². The molecule has 7 heteroatoms. The van der Waals surface area contributed by atoms with Gasteiger partial charge in [0.1, 0.15) is 22.0 Å². The molecule has 2 rings (SSSR count). The summed E-state index contributed by atoms with van der Waals surface area (Å²) in [7, 11) is -2.92. The van der Waals surface area contributed by atoms with E-state index in [0.29, 0.717) is 24.5 Å². The van der Waals surface area contributed by atoms with Gasteiger partial charge in [0, 0.05) is 23.9 Å². The van der Waals surface area contributed by atoms with E-state index in [1.807, 2.05) is 6.07 Å². The maximum atomic E-state index is 11.0. The third-order valence-electron chi connectivity index (χ3n) is 2.64. The summed E-state index contributed by atoms with van der Waals surface area (Å²) in [5, 5.41) is 3.99. The molecule has 2 aromatic rings. The summed E-state index contributed by atoms with van der Waals surface area (Å²) < 4.78 is 22.1. The van der Waals surface area contributed by atoms with Crippen LogP contribution in [0.25, 0.3) is 10.9 Å². The van der Waals surface area contributed by atoms with Crippen molar-refractivity contribution in [2.45, 2.75) is 6.42 Å². The highest BCUT2D eigenvalue weighted by Gasteiger charge is 2.05. The SMILES string of the molecule is CS(=O)(=O)CCCNc1ncnc2cc(N)ccc12. The minimum atomic E-state index is -2.92. The Hall–Kier alpha value is -1.89. The molecule has 102 valence electrons. The number of nitrogens with one attached hydrogen (secondary N) is 1. The van der Waals surface area contributed by atoms with E-state index in [0.717, 1.165) is 10.9 Å². The van der Waals surface area contributed by atoms with Gasteiger partial charge < -0.3 is 11.1 Å². The van der Waals surface area contributed by atoms with Gasteiger partial charge >= 0.3 is 0 Å². The van der Waals surface area contributed by atoms with Crippen molar-refractivity contribution in [3.05, 3.63) is 24.5 Å². The average Bonchev–Trinajstić information content (AvgIpc) is 2.33. The first kappa shape index (κ1) is 13.5. The Bertz CT molecular complexity index is 685. The van der Waals surface area contributed by atoms with Crippen molar-refractivity contribution in [3.63, 3.8) is 0 Å². The Morgan fingerprint density at radius 3 is 2.84 bits per heavy atom. The van der Waals surface area contributed by atoms with Crippen molar-refractivity contribution in [2.24, 2.45) is 0 Å². The van der Waals surface area contributed by atoms with Gasteiger partial charge in [-0.2, -0.15) is 0 Å². The van der Waals surface area contributed by atoms with Crippen LogP contribution in [0.3, 0.4) is 0 Å². The highest BCUT2D eigenvalue weighted by atomic mass is 32.2. The molecule has 3 N–H and O–H groups in total. The largest absolute Gasteiger partial charge is 0.399 e. The average molecular weight is 280 g/mol. The quantitative estimate of drug-likeness (QED) is 0.627. The molecule has 0 spiro atoms. The zero-order valence-electron chi connectivity index (χ0n) is 10.6. The van der Waals surface area contributed by atoms with E-state index in [9.17, 15) is 8.42 Å². The number of aromatic nitrogens is 2. The van der Waals surface area contributed by atoms with Crippen molar-refractivity contribution >= 4 is 32.2 Å². The zero-order chi connectivity index (χ0) is 13.9. The fourth-order valence-corrected chi connectivity index (χ4v) is 2.42. The van der Waals surface area contributed by atoms with Crippen LogP contribution in [-0.2, 0) is 9.84 Å². The molecular weight excluding hydrogens is 264 g/mol. The second kappa shape index (κ2) is 5.40. The molecule has 0 atom stereocenters. The van der Waals surface area contributed by atoms with E-state index < -0.39 is 9.84 Å². The molecule has 0 unspecified atom stereocenters. The molecule has 0 saturated carbocycles. The number of hydrogen-bond donors (Lipinski definition) is 2. The lowest BCUT2D eigenvalue weighted by Gasteiger charge is -2.08. The molecule has 0 bridgehead atoms. The van der Waals surface area contributed by atoms with E-state index in [1.54, 1.807) is 12.1 Å². The van der Waals surface area contributed by atoms with Crippen molar-refractivity contribution < 1.29 is 8.42 Å². The van der Waals surface area contributed by atoms with Gasteiger partial charge in [-0.1, -0.05) is 0 Å². The zero-order valence-corrected chi connectivity index (χ0v) is 11.4. The molecule has 0 radical (unpaired) electrons. The highest BCUT2D eigenvalue weighted by Crippen LogP contribution is 2.20. The predicted molar refractivity (Wildman–Crippen MR) is 76.8 cm³/mol. The Kier molecular flexibility index (Phi) is 3.84. The van der Waals surface area contributed by atoms with Gasteiger partial charge in [0.05, 0.1) is 11.3 Å². The number of nitrogens with zero attached hydrogens (tertiary/aromatic N) is 2. The van der Waals surface area contributed by atoms with Gasteiger partial charge in [-0.3, -0.25) is 0 Å². The van der Waals surface area contributed by atoms with Crippen LogP contribution in [0.15, 0.2) is 24.5 Å². The van der Waals surface area contributed by atoms with E-state index >= 15 is 0 Å². The summed E-state index contributed by atoms with van der Waals surface area (Å²) in [6.07, 6.45) is 3.23. The normalized spacial score (nSPS) is 11.6. The lowest BCUT2D eigenvalue weighted by Crippen LogP contribution is -2.10. The second-order valence-corrected chi connectivity index (χ2v) is 6.67. The minimum absolute atomic E-state index is 0.163. The standard InChI is InChI=1S/C12H16N4O2S/c1-19(17,18)6-2-5-14-12-10-4-3-9(13)7-11(10)15-8-16-12/h3-4,7-8H,2,5-6,13H2,1H3,(H,14,15,16). The molecule has 0 aliphatic rings. The first-order chi connectivity index (χ1) is 8.96. The molecule has 19 heavy (non-hydrogen) atoms. The molecule has 1 aromatic carbocycles. The number of hydrogen-bond acceptors (Lipinski definition) is 6. The number of benzene rings is 1. The Morgan fingerprint density at radius 1 is 1.32 bits per heavy atom. The number of fused-ring (bicyclic) bond motifs is 1. The van der Waals surface area contributed by atoms with Crippen LogP contribution in [0.2, 0.25) is 0 Å². The molecule has 0 fully saturated rings. The first-order valence-corrected chi connectivity index (χ1v) is 7.93. The van der Waals surface area contributed by atoms with Crippen molar-refractivity contribution in [2.75, 3.05) is 29.6 Å². The molecule has 0 aliphatic carbocycles. The van der Waals surface area contributed by atoms with E-state index in [4.69, 9.17) is 5.73 Å². The van der Waals surface area contributed by atoms with Crippen LogP contribution in [0.4, 0.5) is 11.5 Å². The minimum Gasteiger partial charge on any atom is -0.399 e. The fraction of sp³-hybridized carbons (Fsp3) is 0.333. The lowest BCUT2D eigenvalue weighted by atomic mass is 10.2. The number of anilines is 2. The lowest BCUT2D eigenvalue weighted by molar-refractivity contribution is 0.600. The first-order valence-electron chi connectivity index (χ1n) is 5.87. The topological polar surface area (TPSA) is 98.0 Å². The van der Waals surface area contributed by atoms with E-state index in [-0.39, 0.29) is 5.75 Å². The molecule has 1 aromatic heterocycles. The van der Waals surface area contributed by atoms with Gasteiger partial charge in [-0.25, -0.2) is 18.4 Å². The number of nitrogen functional groups attached to an aromatic ring is 1. The van der Waals surface area contributed by atoms with Crippen LogP contribution < -0.4 is 11.1 Å². The molecular formula is C12H16N4O2S. The maximum absolute atomic E-state index is 11.0. The van der Waals surface area contributed by atoms with Crippen LogP contribution in [0, 0.1) is 0 Å². The summed E-state index contributed by atoms with van der Waals surface area (Å²) >= 11 is 0. The molecule has 0 aliphatic heterocycles. The summed E-state index contributed by atoms with van der Waals surface area (Å²) in [5.74, 6) is 0.856. The fourth-order valence-electron chi connectivity index (χ4n) is 1.76. The molecule has 1 heterocycles. The highest BCUT2D eigenvalue weighted by molar-refractivity contribution is 7.90. The Balaban J connectivity index is 2.09. The summed E-state index contributed by atoms with van der Waals surface area (Å²) in [6, 6.07) is 5.41. The molecule has 6 nitrogen and oxygen atoms in total. The van der Waals surface area contributed by atoms with Crippen molar-refractivity contribution in [3.8, 4) is 0 Å². The third-order valence-corrected chi connectivity index (χ3v) is 3.68. The van der Waals surface area contributed by atoms with Crippen LogP contribution in [0.5, 0.6) is 0 Å². The van der Waals surface area contributed by atoms with Gasteiger partial charge in [-0.15, -0.1) is 0 Å². The van der Waals surface area contributed by atoms with Crippen LogP contribution in [-0.4, -0.2) is 36.9 Å². The third kappa shape index (κ3) is 3.78. The number of nitrogens with two attached hydrogens (primary N) is 1. The summed E-state index contributed by atoms with van der Waals surface area (Å²) in [4.78, 5) is 8.30. The van der Waals surface area contributed by atoms with E-state index in [1.165, 1.54) is 12.6 Å². The Labute approximate surface area is 112 Å². The van der Waals surface area contributed by atoms with Crippen molar-refractivity contribution in [1.29, 1.82) is 0 Å². The number of rotatable bonds is 5. The van der Waals surface area contributed by atoms with E-state index in [2.05, 4.69) is 15.3 Å². The van der Waals surface area contributed by atoms with Gasteiger partial charge in [-0.05, 0) is 24.6 Å².